The van der Waals surface area contributed by atoms with E-state index in [1.54, 1.807) is 0 Å². The average Bonchev–Trinajstić information content (AvgIpc) is 2.87. The van der Waals surface area contributed by atoms with Gasteiger partial charge in [-0.3, -0.25) is 4.68 Å². The molecule has 0 saturated heterocycles. The Morgan fingerprint density at radius 3 is 2.70 bits per heavy atom. The Bertz CT molecular complexity index is 591. The zero-order valence-corrected chi connectivity index (χ0v) is 14.5. The molecule has 2 aromatic heterocycles. The Balaban J connectivity index is 2.47. The molecule has 0 spiro atoms. The van der Waals surface area contributed by atoms with E-state index in [4.69, 9.17) is 4.98 Å². The quantitative estimate of drug-likeness (QED) is 0.801. The summed E-state index contributed by atoms with van der Waals surface area (Å²) in [7, 11) is 1.89. The fourth-order valence-electron chi connectivity index (χ4n) is 1.97. The van der Waals surface area contributed by atoms with Gasteiger partial charge in [-0.2, -0.15) is 5.10 Å². The lowest BCUT2D eigenvalue weighted by atomic mass is 10.1. The molecule has 0 saturated carbocycles. The third-order valence-corrected chi connectivity index (χ3v) is 4.07. The Kier molecular flexibility index (Phi) is 4.95. The second-order valence-corrected chi connectivity index (χ2v) is 6.07. The predicted molar refractivity (Wildman–Crippen MR) is 89.9 cm³/mol. The monoisotopic (exact) mass is 385 g/mol. The van der Waals surface area contributed by atoms with Gasteiger partial charge in [-0.1, -0.05) is 20.8 Å². The van der Waals surface area contributed by atoms with Crippen molar-refractivity contribution >= 4 is 28.4 Å². The van der Waals surface area contributed by atoms with Crippen molar-refractivity contribution in [3.8, 4) is 11.4 Å². The number of hydrogen-bond donors (Lipinski definition) is 1. The lowest BCUT2D eigenvalue weighted by molar-refractivity contribution is 0.603. The van der Waals surface area contributed by atoms with Crippen LogP contribution in [0.15, 0.2) is 12.4 Å². The van der Waals surface area contributed by atoms with Crippen LogP contribution in [0.5, 0.6) is 0 Å². The highest BCUT2D eigenvalue weighted by Crippen LogP contribution is 2.27. The largest absolute Gasteiger partial charge is 0.372 e. The summed E-state index contributed by atoms with van der Waals surface area (Å²) in [5, 5.41) is 7.50. The van der Waals surface area contributed by atoms with Crippen LogP contribution in [0.3, 0.4) is 0 Å². The first-order valence-corrected chi connectivity index (χ1v) is 7.92. The number of anilines is 1. The first-order valence-electron chi connectivity index (χ1n) is 6.84. The molecule has 1 N–H and O–H groups in total. The first-order chi connectivity index (χ1) is 9.56. The molecule has 0 aromatic carbocycles. The fraction of sp³-hybridized carbons (Fsp3) is 0.500. The molecule has 5 nitrogen and oxygen atoms in total. The van der Waals surface area contributed by atoms with Crippen LogP contribution in [0.2, 0.25) is 0 Å². The smallest absolute Gasteiger partial charge is 0.165 e. The second kappa shape index (κ2) is 6.51. The van der Waals surface area contributed by atoms with Gasteiger partial charge in [0.1, 0.15) is 5.82 Å². The zero-order chi connectivity index (χ0) is 14.7. The lowest BCUT2D eigenvalue weighted by Gasteiger charge is -2.12. The van der Waals surface area contributed by atoms with E-state index in [1.807, 2.05) is 24.1 Å². The average molecular weight is 385 g/mol. The van der Waals surface area contributed by atoms with Crippen LogP contribution >= 0.6 is 22.6 Å². The van der Waals surface area contributed by atoms with Gasteiger partial charge in [0.2, 0.25) is 0 Å². The highest BCUT2D eigenvalue weighted by Gasteiger charge is 2.15. The van der Waals surface area contributed by atoms with Gasteiger partial charge in [-0.05, 0) is 34.9 Å². The Labute approximate surface area is 133 Å². The number of nitrogens with zero attached hydrogens (tertiary/aromatic N) is 4. The zero-order valence-electron chi connectivity index (χ0n) is 12.3. The summed E-state index contributed by atoms with van der Waals surface area (Å²) in [4.78, 5) is 9.31. The van der Waals surface area contributed by atoms with Crippen molar-refractivity contribution in [3.05, 3.63) is 21.7 Å². The molecule has 0 fully saturated rings. The highest BCUT2D eigenvalue weighted by atomic mass is 127. The van der Waals surface area contributed by atoms with Gasteiger partial charge < -0.3 is 5.32 Å². The van der Waals surface area contributed by atoms with Crippen LogP contribution in [0, 0.1) is 3.57 Å². The topological polar surface area (TPSA) is 55.6 Å². The third kappa shape index (κ3) is 3.11. The molecular formula is C14H20IN5. The summed E-state index contributed by atoms with van der Waals surface area (Å²) in [5.74, 6) is 1.98. The summed E-state index contributed by atoms with van der Waals surface area (Å²) < 4.78 is 3.02. The molecule has 0 bridgehead atoms. The highest BCUT2D eigenvalue weighted by molar-refractivity contribution is 14.1. The van der Waals surface area contributed by atoms with Gasteiger partial charge in [-0.25, -0.2) is 9.97 Å². The van der Waals surface area contributed by atoms with Gasteiger partial charge in [0.25, 0.3) is 0 Å². The fourth-order valence-corrected chi connectivity index (χ4v) is 3.11. The van der Waals surface area contributed by atoms with E-state index in [0.29, 0.717) is 5.92 Å². The van der Waals surface area contributed by atoms with Gasteiger partial charge in [0, 0.05) is 19.8 Å². The molecule has 20 heavy (non-hydrogen) atoms. The van der Waals surface area contributed by atoms with Gasteiger partial charge in [-0.15, -0.1) is 0 Å². The summed E-state index contributed by atoms with van der Waals surface area (Å²) in [6, 6.07) is 0. The van der Waals surface area contributed by atoms with E-state index in [0.717, 1.165) is 39.4 Å². The number of aryl methyl sites for hydroxylation is 1. The third-order valence-electron chi connectivity index (χ3n) is 3.00. The van der Waals surface area contributed by atoms with Crippen molar-refractivity contribution in [2.75, 3.05) is 12.4 Å². The van der Waals surface area contributed by atoms with Crippen molar-refractivity contribution in [1.29, 1.82) is 0 Å². The Morgan fingerprint density at radius 1 is 1.35 bits per heavy atom. The van der Waals surface area contributed by atoms with Crippen LogP contribution in [0.4, 0.5) is 5.82 Å². The predicted octanol–water partition coefficient (Wildman–Crippen LogP) is 3.52. The Hall–Kier alpha value is -1.18. The molecule has 0 amide bonds. The molecule has 0 aliphatic heterocycles. The van der Waals surface area contributed by atoms with Crippen LogP contribution in [-0.4, -0.2) is 26.8 Å². The number of hydrogen-bond acceptors (Lipinski definition) is 4. The van der Waals surface area contributed by atoms with Crippen molar-refractivity contribution in [3.63, 3.8) is 0 Å². The maximum absolute atomic E-state index is 4.71. The van der Waals surface area contributed by atoms with E-state index in [9.17, 15) is 0 Å². The van der Waals surface area contributed by atoms with Crippen LogP contribution in [-0.2, 0) is 6.54 Å². The summed E-state index contributed by atoms with van der Waals surface area (Å²) in [6.07, 6.45) is 4.91. The minimum atomic E-state index is 0.362. The minimum Gasteiger partial charge on any atom is -0.372 e. The number of rotatable bonds is 5. The van der Waals surface area contributed by atoms with E-state index in [-0.39, 0.29) is 0 Å². The SMILES string of the molecule is CCCn1cc(-c2nc(NC)c(I)c(C(C)C)n2)cn1. The number of halogens is 1. The molecule has 0 unspecified atom stereocenters. The van der Waals surface area contributed by atoms with Crippen molar-refractivity contribution in [1.82, 2.24) is 19.7 Å². The van der Waals surface area contributed by atoms with E-state index < -0.39 is 0 Å². The minimum absolute atomic E-state index is 0.362. The standard InChI is InChI=1S/C14H20IN5/c1-5-6-20-8-10(7-17-20)13-18-12(9(2)3)11(15)14(16-4)19-13/h7-9H,5-6H2,1-4H3,(H,16,18,19). The van der Waals surface area contributed by atoms with Gasteiger partial charge >= 0.3 is 0 Å². The van der Waals surface area contributed by atoms with Crippen LogP contribution in [0.1, 0.15) is 38.8 Å². The van der Waals surface area contributed by atoms with Crippen molar-refractivity contribution in [2.45, 2.75) is 39.7 Å². The van der Waals surface area contributed by atoms with E-state index >= 15 is 0 Å². The maximum Gasteiger partial charge on any atom is 0.165 e. The van der Waals surface area contributed by atoms with Crippen molar-refractivity contribution < 1.29 is 0 Å². The second-order valence-electron chi connectivity index (χ2n) is 4.99. The van der Waals surface area contributed by atoms with Crippen LogP contribution < -0.4 is 5.32 Å². The number of nitrogens with one attached hydrogen (secondary N) is 1. The molecule has 0 aliphatic carbocycles. The number of aromatic nitrogens is 4. The molecule has 0 atom stereocenters. The summed E-state index contributed by atoms with van der Waals surface area (Å²) in [6.45, 7) is 7.35. The molecule has 2 heterocycles. The van der Waals surface area contributed by atoms with E-state index in [1.165, 1.54) is 0 Å². The molecule has 2 rings (SSSR count). The molecule has 6 heteroatoms. The molecule has 0 aliphatic rings. The molecule has 108 valence electrons. The first kappa shape index (κ1) is 15.2. The summed E-state index contributed by atoms with van der Waals surface area (Å²) >= 11 is 2.30. The van der Waals surface area contributed by atoms with Gasteiger partial charge in [0.05, 0.1) is 21.0 Å². The normalized spacial score (nSPS) is 11.1. The summed E-state index contributed by atoms with van der Waals surface area (Å²) in [5.41, 5.74) is 2.04. The molecule has 2 aromatic rings. The maximum atomic E-state index is 4.71. The molecule has 0 radical (unpaired) electrons. The Morgan fingerprint density at radius 2 is 2.10 bits per heavy atom. The van der Waals surface area contributed by atoms with E-state index in [2.05, 4.69) is 58.8 Å². The van der Waals surface area contributed by atoms with Gasteiger partial charge in [0.15, 0.2) is 5.82 Å². The molecular weight excluding hydrogens is 365 g/mol. The lowest BCUT2D eigenvalue weighted by Crippen LogP contribution is -2.06. The van der Waals surface area contributed by atoms with Crippen molar-refractivity contribution in [2.24, 2.45) is 0 Å². The van der Waals surface area contributed by atoms with Crippen LogP contribution in [0.25, 0.3) is 11.4 Å².